The van der Waals surface area contributed by atoms with Crippen molar-refractivity contribution in [2.45, 2.75) is 59.1 Å². The van der Waals surface area contributed by atoms with Gasteiger partial charge in [0.1, 0.15) is 12.3 Å². The summed E-state index contributed by atoms with van der Waals surface area (Å²) in [5.74, 6) is -0.780. The standard InChI is InChI=1S/C20H30N2O5/c1-6-7-12-26-16-10-8-15(9-11-16)19(25)21-13-17(23)27-14(2)18(24)22-20(3,4)5/h8-11,14H,6-7,12-13H2,1-5H3,(H,21,25)(H,22,24). The summed E-state index contributed by atoms with van der Waals surface area (Å²) in [6.07, 6.45) is 1.08. The van der Waals surface area contributed by atoms with Crippen molar-refractivity contribution in [1.29, 1.82) is 0 Å². The van der Waals surface area contributed by atoms with Crippen LogP contribution in [0.3, 0.4) is 0 Å². The Labute approximate surface area is 160 Å². The smallest absolute Gasteiger partial charge is 0.326 e. The number of nitrogens with one attached hydrogen (secondary N) is 2. The fourth-order valence-corrected chi connectivity index (χ4v) is 2.05. The number of rotatable bonds is 9. The highest BCUT2D eigenvalue weighted by molar-refractivity contribution is 5.96. The van der Waals surface area contributed by atoms with Crippen LogP contribution >= 0.6 is 0 Å². The van der Waals surface area contributed by atoms with Crippen molar-refractivity contribution in [3.05, 3.63) is 29.8 Å². The van der Waals surface area contributed by atoms with Crippen LogP contribution in [0.5, 0.6) is 5.75 Å². The van der Waals surface area contributed by atoms with E-state index in [1.807, 2.05) is 20.8 Å². The highest BCUT2D eigenvalue weighted by atomic mass is 16.5. The minimum Gasteiger partial charge on any atom is -0.494 e. The highest BCUT2D eigenvalue weighted by Crippen LogP contribution is 2.12. The summed E-state index contributed by atoms with van der Waals surface area (Å²) in [6.45, 7) is 9.38. The second-order valence-electron chi connectivity index (χ2n) is 7.28. The maximum Gasteiger partial charge on any atom is 0.326 e. The average molecular weight is 378 g/mol. The summed E-state index contributed by atoms with van der Waals surface area (Å²) in [6, 6.07) is 6.67. The molecule has 1 aromatic rings. The van der Waals surface area contributed by atoms with Gasteiger partial charge in [0.15, 0.2) is 6.10 Å². The molecule has 0 aromatic heterocycles. The fourth-order valence-electron chi connectivity index (χ4n) is 2.05. The number of carbonyl (C=O) groups excluding carboxylic acids is 3. The molecule has 0 saturated carbocycles. The summed E-state index contributed by atoms with van der Waals surface area (Å²) in [5, 5.41) is 5.20. The van der Waals surface area contributed by atoms with Crippen molar-refractivity contribution in [1.82, 2.24) is 10.6 Å². The van der Waals surface area contributed by atoms with Crippen LogP contribution in [0, 0.1) is 0 Å². The van der Waals surface area contributed by atoms with E-state index >= 15 is 0 Å². The second-order valence-corrected chi connectivity index (χ2v) is 7.28. The number of hydrogen-bond donors (Lipinski definition) is 2. The number of unbranched alkanes of at least 4 members (excludes halogenated alkanes) is 1. The maximum atomic E-state index is 12.1. The zero-order valence-electron chi connectivity index (χ0n) is 16.8. The Kier molecular flexibility index (Phi) is 8.78. The number of amides is 2. The number of ether oxygens (including phenoxy) is 2. The van der Waals surface area contributed by atoms with Crippen LogP contribution in [-0.2, 0) is 14.3 Å². The lowest BCUT2D eigenvalue weighted by Crippen LogP contribution is -2.46. The Morgan fingerprint density at radius 2 is 1.74 bits per heavy atom. The lowest BCUT2D eigenvalue weighted by molar-refractivity contribution is -0.154. The Balaban J connectivity index is 2.42. The molecule has 2 N–H and O–H groups in total. The molecule has 1 aromatic carbocycles. The summed E-state index contributed by atoms with van der Waals surface area (Å²) in [4.78, 5) is 35.8. The van der Waals surface area contributed by atoms with Crippen molar-refractivity contribution in [2.24, 2.45) is 0 Å². The van der Waals surface area contributed by atoms with E-state index in [0.29, 0.717) is 17.9 Å². The molecule has 7 nitrogen and oxygen atoms in total. The lowest BCUT2D eigenvalue weighted by atomic mass is 10.1. The van der Waals surface area contributed by atoms with Crippen LogP contribution in [0.25, 0.3) is 0 Å². The number of hydrogen-bond acceptors (Lipinski definition) is 5. The molecule has 0 fully saturated rings. The predicted molar refractivity (Wildman–Crippen MR) is 103 cm³/mol. The van der Waals surface area contributed by atoms with Gasteiger partial charge in [-0.15, -0.1) is 0 Å². The fraction of sp³-hybridized carbons (Fsp3) is 0.550. The molecule has 1 rings (SSSR count). The average Bonchev–Trinajstić information content (AvgIpc) is 2.59. The summed E-state index contributed by atoms with van der Waals surface area (Å²) in [5.41, 5.74) is -0.0116. The van der Waals surface area contributed by atoms with Gasteiger partial charge in [0.05, 0.1) is 6.61 Å². The molecule has 0 saturated heterocycles. The zero-order chi connectivity index (χ0) is 20.4. The summed E-state index contributed by atoms with van der Waals surface area (Å²) in [7, 11) is 0. The zero-order valence-corrected chi connectivity index (χ0v) is 16.8. The topological polar surface area (TPSA) is 93.7 Å². The van der Waals surface area contributed by atoms with E-state index in [1.54, 1.807) is 24.3 Å². The molecular formula is C20H30N2O5. The van der Waals surface area contributed by atoms with E-state index in [4.69, 9.17) is 9.47 Å². The molecule has 1 unspecified atom stereocenters. The molecule has 0 spiro atoms. The van der Waals surface area contributed by atoms with E-state index in [1.165, 1.54) is 6.92 Å². The van der Waals surface area contributed by atoms with Crippen LogP contribution in [0.4, 0.5) is 0 Å². The monoisotopic (exact) mass is 378 g/mol. The predicted octanol–water partition coefficient (Wildman–Crippen LogP) is 2.44. The third-order valence-electron chi connectivity index (χ3n) is 3.45. The van der Waals surface area contributed by atoms with E-state index in [9.17, 15) is 14.4 Å². The van der Waals surface area contributed by atoms with Crippen LogP contribution in [0.2, 0.25) is 0 Å². The normalized spacial score (nSPS) is 12.0. The first-order valence-electron chi connectivity index (χ1n) is 9.15. The lowest BCUT2D eigenvalue weighted by Gasteiger charge is -2.23. The minimum atomic E-state index is -0.937. The van der Waals surface area contributed by atoms with E-state index < -0.39 is 23.5 Å². The number of benzene rings is 1. The molecule has 2 amide bonds. The number of carbonyl (C=O) groups is 3. The third-order valence-corrected chi connectivity index (χ3v) is 3.45. The van der Waals surface area contributed by atoms with Crippen LogP contribution < -0.4 is 15.4 Å². The number of esters is 1. The molecule has 0 bridgehead atoms. The third kappa shape index (κ3) is 9.08. The van der Waals surface area contributed by atoms with Crippen molar-refractivity contribution < 1.29 is 23.9 Å². The van der Waals surface area contributed by atoms with Gasteiger partial charge in [-0.25, -0.2) is 0 Å². The van der Waals surface area contributed by atoms with Gasteiger partial charge in [-0.1, -0.05) is 13.3 Å². The Morgan fingerprint density at radius 3 is 2.30 bits per heavy atom. The first-order valence-corrected chi connectivity index (χ1v) is 9.15. The van der Waals surface area contributed by atoms with Crippen molar-refractivity contribution in [3.8, 4) is 5.75 Å². The van der Waals surface area contributed by atoms with Gasteiger partial charge in [-0.2, -0.15) is 0 Å². The molecule has 0 radical (unpaired) electrons. The highest BCUT2D eigenvalue weighted by Gasteiger charge is 2.22. The van der Waals surface area contributed by atoms with E-state index in [0.717, 1.165) is 12.8 Å². The van der Waals surface area contributed by atoms with Gasteiger partial charge in [-0.05, 0) is 58.4 Å². The van der Waals surface area contributed by atoms with Gasteiger partial charge in [-0.3, -0.25) is 14.4 Å². The summed E-state index contributed by atoms with van der Waals surface area (Å²) >= 11 is 0. The molecule has 0 aliphatic heterocycles. The Morgan fingerprint density at radius 1 is 1.11 bits per heavy atom. The van der Waals surface area contributed by atoms with Crippen molar-refractivity contribution in [3.63, 3.8) is 0 Å². The molecule has 1 atom stereocenters. The van der Waals surface area contributed by atoms with Gasteiger partial charge in [0.25, 0.3) is 11.8 Å². The van der Waals surface area contributed by atoms with Crippen molar-refractivity contribution in [2.75, 3.05) is 13.2 Å². The van der Waals surface area contributed by atoms with Crippen LogP contribution in [0.15, 0.2) is 24.3 Å². The van der Waals surface area contributed by atoms with Gasteiger partial charge < -0.3 is 20.1 Å². The van der Waals surface area contributed by atoms with Crippen LogP contribution in [0.1, 0.15) is 57.8 Å². The first-order chi connectivity index (χ1) is 12.6. The Bertz CT molecular complexity index is 635. The van der Waals surface area contributed by atoms with E-state index in [-0.39, 0.29) is 12.5 Å². The van der Waals surface area contributed by atoms with Gasteiger partial charge in [0, 0.05) is 11.1 Å². The summed E-state index contributed by atoms with van der Waals surface area (Å²) < 4.78 is 10.6. The quantitative estimate of drug-likeness (QED) is 0.508. The molecule has 0 heterocycles. The van der Waals surface area contributed by atoms with E-state index in [2.05, 4.69) is 17.6 Å². The Hall–Kier alpha value is -2.57. The van der Waals surface area contributed by atoms with Crippen molar-refractivity contribution >= 4 is 17.8 Å². The SMILES string of the molecule is CCCCOc1ccc(C(=O)NCC(=O)OC(C)C(=O)NC(C)(C)C)cc1. The molecule has 0 aliphatic rings. The molecular weight excluding hydrogens is 348 g/mol. The largest absolute Gasteiger partial charge is 0.494 e. The minimum absolute atomic E-state index is 0.319. The van der Waals surface area contributed by atoms with Gasteiger partial charge in [0.2, 0.25) is 0 Å². The van der Waals surface area contributed by atoms with Crippen LogP contribution in [-0.4, -0.2) is 42.6 Å². The molecule has 0 aliphatic carbocycles. The van der Waals surface area contributed by atoms with Gasteiger partial charge >= 0.3 is 5.97 Å². The molecule has 7 heteroatoms. The molecule has 27 heavy (non-hydrogen) atoms. The first kappa shape index (κ1) is 22.5. The maximum absolute atomic E-state index is 12.1. The second kappa shape index (κ2) is 10.5. The molecule has 150 valence electrons.